The molecule has 1 N–H and O–H groups in total. The minimum absolute atomic E-state index is 0.607. The van der Waals surface area contributed by atoms with Crippen LogP contribution in [-0.4, -0.2) is 20.3 Å². The molecule has 94 valence electrons. The summed E-state index contributed by atoms with van der Waals surface area (Å²) in [5, 5.41) is 12.3. The minimum atomic E-state index is 0.607. The Balaban J connectivity index is 2.32. The molecule has 0 saturated heterocycles. The molecule has 0 bridgehead atoms. The number of aryl methyl sites for hydroxylation is 3. The molecule has 2 aromatic heterocycles. The Labute approximate surface area is 106 Å². The highest BCUT2D eigenvalue weighted by Gasteiger charge is 2.18. The maximum Gasteiger partial charge on any atom is 0.141 e. The maximum absolute atomic E-state index is 8.98. The monoisotopic (exact) mass is 243 g/mol. The summed E-state index contributed by atoms with van der Waals surface area (Å²) in [6.45, 7) is 3.77. The summed E-state index contributed by atoms with van der Waals surface area (Å²) in [5.41, 5.74) is 6.25. The number of rotatable bonds is 1. The molecule has 1 aliphatic rings. The van der Waals surface area contributed by atoms with Crippen LogP contribution in [0, 0.1) is 6.92 Å². The lowest BCUT2D eigenvalue weighted by molar-refractivity contribution is 0.319. The van der Waals surface area contributed by atoms with Crippen LogP contribution in [0.15, 0.2) is 17.4 Å². The molecular weight excluding hydrogens is 226 g/mol. The number of fused-ring (bicyclic) bond motifs is 3. The van der Waals surface area contributed by atoms with Gasteiger partial charge in [0.05, 0.1) is 11.4 Å². The zero-order valence-corrected chi connectivity index (χ0v) is 10.8. The molecule has 0 aliphatic heterocycles. The van der Waals surface area contributed by atoms with Crippen LogP contribution < -0.4 is 0 Å². The molecule has 3 rings (SSSR count). The van der Waals surface area contributed by atoms with Crippen molar-refractivity contribution in [3.63, 3.8) is 0 Å². The molecule has 0 atom stereocenters. The predicted molar refractivity (Wildman–Crippen MR) is 70.6 cm³/mol. The number of aromatic nitrogens is 2. The van der Waals surface area contributed by atoms with E-state index in [1.807, 2.05) is 13.1 Å². The highest BCUT2D eigenvalue weighted by Crippen LogP contribution is 2.26. The van der Waals surface area contributed by atoms with Crippen LogP contribution in [-0.2, 0) is 12.8 Å². The van der Waals surface area contributed by atoms with E-state index in [0.29, 0.717) is 5.71 Å². The molecule has 0 aromatic carbocycles. The molecule has 4 nitrogen and oxygen atoms in total. The number of imidazole rings is 1. The van der Waals surface area contributed by atoms with Gasteiger partial charge in [-0.1, -0.05) is 5.16 Å². The lowest BCUT2D eigenvalue weighted by Crippen LogP contribution is -2.07. The van der Waals surface area contributed by atoms with Gasteiger partial charge in [0.2, 0.25) is 0 Å². The van der Waals surface area contributed by atoms with Gasteiger partial charge in [0, 0.05) is 6.20 Å². The Morgan fingerprint density at radius 1 is 1.39 bits per heavy atom. The van der Waals surface area contributed by atoms with Crippen LogP contribution >= 0.6 is 0 Å². The van der Waals surface area contributed by atoms with E-state index in [4.69, 9.17) is 5.21 Å². The molecule has 0 spiro atoms. The van der Waals surface area contributed by atoms with E-state index in [1.54, 1.807) is 6.92 Å². The first kappa shape index (κ1) is 11.3. The zero-order valence-electron chi connectivity index (χ0n) is 10.8. The summed E-state index contributed by atoms with van der Waals surface area (Å²) in [5.74, 6) is 0. The van der Waals surface area contributed by atoms with Crippen molar-refractivity contribution in [3.05, 3.63) is 34.8 Å². The second-order valence-corrected chi connectivity index (χ2v) is 4.95. The van der Waals surface area contributed by atoms with E-state index >= 15 is 0 Å². The number of hydrogen-bond donors (Lipinski definition) is 1. The van der Waals surface area contributed by atoms with Crippen LogP contribution in [0.4, 0.5) is 0 Å². The molecule has 4 heteroatoms. The lowest BCUT2D eigenvalue weighted by atomic mass is 9.93. The average Bonchev–Trinajstić information content (AvgIpc) is 2.74. The Kier molecular flexibility index (Phi) is 2.58. The summed E-state index contributed by atoms with van der Waals surface area (Å²) in [6.07, 6.45) is 6.81. The molecule has 1 aliphatic carbocycles. The van der Waals surface area contributed by atoms with Crippen molar-refractivity contribution in [1.29, 1.82) is 0 Å². The Bertz CT molecular complexity index is 640. The second-order valence-electron chi connectivity index (χ2n) is 4.95. The molecule has 0 saturated carbocycles. The fourth-order valence-electron chi connectivity index (χ4n) is 2.92. The van der Waals surface area contributed by atoms with Crippen molar-refractivity contribution in [1.82, 2.24) is 9.38 Å². The number of hydrogen-bond acceptors (Lipinski definition) is 3. The molecular formula is C14H17N3O. The highest BCUT2D eigenvalue weighted by molar-refractivity contribution is 5.98. The van der Waals surface area contributed by atoms with E-state index in [-0.39, 0.29) is 0 Å². The van der Waals surface area contributed by atoms with E-state index < -0.39 is 0 Å². The van der Waals surface area contributed by atoms with Gasteiger partial charge >= 0.3 is 0 Å². The van der Waals surface area contributed by atoms with E-state index in [2.05, 4.69) is 20.6 Å². The number of nitrogens with zero attached hydrogens (tertiary/aromatic N) is 3. The van der Waals surface area contributed by atoms with Crippen molar-refractivity contribution in [2.24, 2.45) is 5.16 Å². The minimum Gasteiger partial charge on any atom is -0.411 e. The predicted octanol–water partition coefficient (Wildman–Crippen LogP) is 2.72. The van der Waals surface area contributed by atoms with Gasteiger partial charge in [-0.05, 0) is 56.7 Å². The average molecular weight is 243 g/mol. The SMILES string of the molecule is C/C(=N/O)c1c(C)nc2c3c(ccn12)CCCC3. The third-order valence-electron chi connectivity index (χ3n) is 3.78. The van der Waals surface area contributed by atoms with Crippen molar-refractivity contribution in [2.75, 3.05) is 0 Å². The Morgan fingerprint density at radius 3 is 2.94 bits per heavy atom. The first-order chi connectivity index (χ1) is 8.72. The van der Waals surface area contributed by atoms with Crippen molar-refractivity contribution >= 4 is 11.4 Å². The third kappa shape index (κ3) is 1.52. The van der Waals surface area contributed by atoms with Crippen LogP contribution in [0.25, 0.3) is 5.65 Å². The third-order valence-corrected chi connectivity index (χ3v) is 3.78. The van der Waals surface area contributed by atoms with E-state index in [1.165, 1.54) is 24.0 Å². The largest absolute Gasteiger partial charge is 0.411 e. The van der Waals surface area contributed by atoms with E-state index in [9.17, 15) is 0 Å². The van der Waals surface area contributed by atoms with E-state index in [0.717, 1.165) is 29.9 Å². The topological polar surface area (TPSA) is 49.9 Å². The standard InChI is InChI=1S/C14H17N3O/c1-9-13(10(2)16-18)17-8-7-11-5-3-4-6-12(11)14(17)15-9/h7-8,18H,3-6H2,1-2H3/b16-10-. The van der Waals surface area contributed by atoms with Gasteiger partial charge in [-0.25, -0.2) is 4.98 Å². The van der Waals surface area contributed by atoms with Gasteiger partial charge in [-0.2, -0.15) is 0 Å². The van der Waals surface area contributed by atoms with Gasteiger partial charge in [0.15, 0.2) is 0 Å². The van der Waals surface area contributed by atoms with Crippen LogP contribution in [0.2, 0.25) is 0 Å². The van der Waals surface area contributed by atoms with Gasteiger partial charge in [-0.3, -0.25) is 4.40 Å². The van der Waals surface area contributed by atoms with Crippen molar-refractivity contribution in [2.45, 2.75) is 39.5 Å². The lowest BCUT2D eigenvalue weighted by Gasteiger charge is -2.16. The fourth-order valence-corrected chi connectivity index (χ4v) is 2.92. The quantitative estimate of drug-likeness (QED) is 0.475. The molecule has 2 aromatic rings. The second kappa shape index (κ2) is 4.12. The number of pyridine rings is 1. The molecule has 0 radical (unpaired) electrons. The van der Waals surface area contributed by atoms with Crippen LogP contribution in [0.1, 0.15) is 42.3 Å². The normalized spacial score (nSPS) is 16.0. The summed E-state index contributed by atoms with van der Waals surface area (Å²) in [7, 11) is 0. The summed E-state index contributed by atoms with van der Waals surface area (Å²) < 4.78 is 2.05. The zero-order chi connectivity index (χ0) is 12.7. The molecule has 2 heterocycles. The number of oxime groups is 1. The van der Waals surface area contributed by atoms with Gasteiger partial charge < -0.3 is 5.21 Å². The first-order valence-corrected chi connectivity index (χ1v) is 6.41. The summed E-state index contributed by atoms with van der Waals surface area (Å²) in [6, 6.07) is 2.18. The Hall–Kier alpha value is -1.84. The molecule has 0 amide bonds. The fraction of sp³-hybridized carbons (Fsp3) is 0.429. The summed E-state index contributed by atoms with van der Waals surface area (Å²) >= 11 is 0. The van der Waals surface area contributed by atoms with Crippen molar-refractivity contribution in [3.8, 4) is 0 Å². The van der Waals surface area contributed by atoms with Crippen LogP contribution in [0.5, 0.6) is 0 Å². The van der Waals surface area contributed by atoms with Gasteiger partial charge in [0.1, 0.15) is 11.4 Å². The first-order valence-electron chi connectivity index (χ1n) is 6.41. The summed E-state index contributed by atoms with van der Waals surface area (Å²) in [4.78, 5) is 4.67. The Morgan fingerprint density at radius 2 is 2.17 bits per heavy atom. The maximum atomic E-state index is 8.98. The molecule has 0 unspecified atom stereocenters. The van der Waals surface area contributed by atoms with Gasteiger partial charge in [0.25, 0.3) is 0 Å². The van der Waals surface area contributed by atoms with Gasteiger partial charge in [-0.15, -0.1) is 0 Å². The highest BCUT2D eigenvalue weighted by atomic mass is 16.4. The van der Waals surface area contributed by atoms with Crippen LogP contribution in [0.3, 0.4) is 0 Å². The molecule has 0 fully saturated rings. The van der Waals surface area contributed by atoms with Crippen molar-refractivity contribution < 1.29 is 5.21 Å². The molecule has 18 heavy (non-hydrogen) atoms. The smallest absolute Gasteiger partial charge is 0.141 e.